The van der Waals surface area contributed by atoms with Gasteiger partial charge in [0, 0.05) is 11.8 Å². The molecule has 2 fully saturated rings. The van der Waals surface area contributed by atoms with Gasteiger partial charge in [0.1, 0.15) is 5.60 Å². The Kier molecular flexibility index (Phi) is 3.99. The van der Waals surface area contributed by atoms with Crippen molar-refractivity contribution < 1.29 is 31.9 Å². The molecule has 0 amide bonds. The van der Waals surface area contributed by atoms with Gasteiger partial charge in [-0.1, -0.05) is 12.5 Å². The highest BCUT2D eigenvalue weighted by molar-refractivity contribution is 5.93. The van der Waals surface area contributed by atoms with Gasteiger partial charge in [-0.2, -0.15) is 22.0 Å². The normalized spacial score (nSPS) is 39.7. The average Bonchev–Trinajstić information content (AvgIpc) is 2.86. The Hall–Kier alpha value is -1.24. The van der Waals surface area contributed by atoms with Gasteiger partial charge in [0.05, 0.1) is 0 Å². The van der Waals surface area contributed by atoms with Crippen LogP contribution in [0, 0.1) is 17.3 Å². The van der Waals surface area contributed by atoms with Crippen LogP contribution in [0.4, 0.5) is 22.0 Å². The predicted octanol–water partition coefficient (Wildman–Crippen LogP) is 5.12. The zero-order chi connectivity index (χ0) is 19.8. The van der Waals surface area contributed by atoms with E-state index in [1.807, 2.05) is 0 Å². The number of rotatable bonds is 1. The molecule has 0 heterocycles. The van der Waals surface area contributed by atoms with Crippen LogP contribution in [0.2, 0.25) is 0 Å². The topological polar surface area (TPSA) is 37.3 Å². The largest absolute Gasteiger partial charge is 0.456 e. The lowest BCUT2D eigenvalue weighted by molar-refractivity contribution is -0.362. The Morgan fingerprint density at radius 3 is 2.41 bits per heavy atom. The van der Waals surface area contributed by atoms with Gasteiger partial charge in [-0.25, -0.2) is 0 Å². The van der Waals surface area contributed by atoms with Gasteiger partial charge in [0.2, 0.25) is 0 Å². The quantitative estimate of drug-likeness (QED) is 0.631. The second-order valence-corrected chi connectivity index (χ2v) is 8.78. The summed E-state index contributed by atoms with van der Waals surface area (Å²) < 4.78 is 68.0. The van der Waals surface area contributed by atoms with E-state index in [2.05, 4.69) is 0 Å². The van der Waals surface area contributed by atoms with E-state index < -0.39 is 35.5 Å². The number of allylic oxidation sites excluding steroid dienone is 4. The van der Waals surface area contributed by atoms with Gasteiger partial charge in [-0.15, -0.1) is 0 Å². The lowest BCUT2D eigenvalue weighted by atomic mass is 9.54. The standard InChI is InChI=1S/C20H23F5O2/c1-17-8-6-14-13-5-3-12(26)10-11(13)2-4-15(14)16(17)7-9-18(17,27)19(21,22)20(23,24)25/h10,15-16,27H,2-9H2,1H3/t15?,16?,17-,18-/m0/s1. The maximum atomic E-state index is 14.3. The molecule has 0 aromatic carbocycles. The van der Waals surface area contributed by atoms with Crippen LogP contribution in [0.25, 0.3) is 0 Å². The highest BCUT2D eigenvalue weighted by atomic mass is 19.4. The third-order valence-electron chi connectivity index (χ3n) is 7.76. The summed E-state index contributed by atoms with van der Waals surface area (Å²) in [6.45, 7) is 1.42. The van der Waals surface area contributed by atoms with Gasteiger partial charge in [-0.05, 0) is 74.0 Å². The highest BCUT2D eigenvalue weighted by Gasteiger charge is 2.78. The van der Waals surface area contributed by atoms with E-state index in [-0.39, 0.29) is 24.5 Å². The summed E-state index contributed by atoms with van der Waals surface area (Å²) >= 11 is 0. The van der Waals surface area contributed by atoms with Crippen LogP contribution in [0.5, 0.6) is 0 Å². The molecule has 4 atom stereocenters. The number of hydrogen-bond donors (Lipinski definition) is 1. The van der Waals surface area contributed by atoms with Crippen molar-refractivity contribution in [1.29, 1.82) is 0 Å². The van der Waals surface area contributed by atoms with Crippen LogP contribution in [-0.2, 0) is 4.79 Å². The molecule has 4 aliphatic carbocycles. The number of halogens is 5. The number of alkyl halides is 5. The van der Waals surface area contributed by atoms with Crippen LogP contribution >= 0.6 is 0 Å². The molecule has 4 aliphatic rings. The SMILES string of the molecule is C[C@]12CCC3=C4CCC(=O)C=C4CCC3C1CC[C@@]2(O)C(F)(F)C(F)(F)F. The third-order valence-corrected chi connectivity index (χ3v) is 7.76. The first-order chi connectivity index (χ1) is 12.4. The fourth-order valence-corrected chi connectivity index (χ4v) is 6.30. The molecule has 2 unspecified atom stereocenters. The molecular formula is C20H23F5O2. The Morgan fingerprint density at radius 1 is 1.04 bits per heavy atom. The summed E-state index contributed by atoms with van der Waals surface area (Å²) in [5.74, 6) is -5.52. The highest BCUT2D eigenvalue weighted by Crippen LogP contribution is 2.68. The summed E-state index contributed by atoms with van der Waals surface area (Å²) in [7, 11) is 0. The van der Waals surface area contributed by atoms with E-state index in [4.69, 9.17) is 0 Å². The van der Waals surface area contributed by atoms with Crippen molar-refractivity contribution in [3.63, 3.8) is 0 Å². The molecular weight excluding hydrogens is 367 g/mol. The lowest BCUT2D eigenvalue weighted by Gasteiger charge is -2.53. The Morgan fingerprint density at radius 2 is 1.74 bits per heavy atom. The van der Waals surface area contributed by atoms with Gasteiger partial charge in [-0.3, -0.25) is 4.79 Å². The van der Waals surface area contributed by atoms with Crippen molar-refractivity contribution in [2.24, 2.45) is 17.3 Å². The molecule has 2 nitrogen and oxygen atoms in total. The zero-order valence-corrected chi connectivity index (χ0v) is 15.1. The van der Waals surface area contributed by atoms with Crippen molar-refractivity contribution in [2.45, 2.75) is 76.0 Å². The number of aliphatic hydroxyl groups is 1. The summed E-state index contributed by atoms with van der Waals surface area (Å²) in [5.41, 5.74) is -1.30. The van der Waals surface area contributed by atoms with E-state index in [1.165, 1.54) is 6.92 Å². The first-order valence-corrected chi connectivity index (χ1v) is 9.55. The van der Waals surface area contributed by atoms with E-state index in [0.29, 0.717) is 32.1 Å². The smallest absolute Gasteiger partial charge is 0.383 e. The summed E-state index contributed by atoms with van der Waals surface area (Å²) in [6, 6.07) is 0. The van der Waals surface area contributed by atoms with E-state index in [9.17, 15) is 31.9 Å². The van der Waals surface area contributed by atoms with Crippen LogP contribution in [0.3, 0.4) is 0 Å². The van der Waals surface area contributed by atoms with Crippen LogP contribution < -0.4 is 0 Å². The minimum absolute atomic E-state index is 0.0813. The zero-order valence-electron chi connectivity index (χ0n) is 15.1. The van der Waals surface area contributed by atoms with Crippen LogP contribution in [0.1, 0.15) is 58.3 Å². The maximum Gasteiger partial charge on any atom is 0.456 e. The second kappa shape index (κ2) is 5.65. The molecule has 0 aromatic heterocycles. The molecule has 0 aromatic rings. The Labute approximate surface area is 154 Å². The average molecular weight is 390 g/mol. The number of fused-ring (bicyclic) bond motifs is 4. The van der Waals surface area contributed by atoms with E-state index >= 15 is 0 Å². The second-order valence-electron chi connectivity index (χ2n) is 8.78. The van der Waals surface area contributed by atoms with Crippen molar-refractivity contribution >= 4 is 5.78 Å². The Bertz CT molecular complexity index is 750. The minimum atomic E-state index is -5.77. The number of hydrogen-bond acceptors (Lipinski definition) is 2. The summed E-state index contributed by atoms with van der Waals surface area (Å²) in [5, 5.41) is 10.7. The maximum absolute atomic E-state index is 14.3. The van der Waals surface area contributed by atoms with Crippen molar-refractivity contribution in [1.82, 2.24) is 0 Å². The first-order valence-electron chi connectivity index (χ1n) is 9.55. The van der Waals surface area contributed by atoms with Crippen molar-refractivity contribution in [2.75, 3.05) is 0 Å². The Balaban J connectivity index is 1.74. The first kappa shape index (κ1) is 19.1. The molecule has 0 radical (unpaired) electrons. The molecule has 4 rings (SSSR count). The molecule has 150 valence electrons. The molecule has 27 heavy (non-hydrogen) atoms. The lowest BCUT2D eigenvalue weighted by Crippen LogP contribution is -2.64. The van der Waals surface area contributed by atoms with Gasteiger partial charge in [0.15, 0.2) is 5.78 Å². The third kappa shape index (κ3) is 2.36. The van der Waals surface area contributed by atoms with Crippen molar-refractivity contribution in [3.05, 3.63) is 22.8 Å². The number of carbonyl (C=O) groups is 1. The van der Waals surface area contributed by atoms with E-state index in [1.54, 1.807) is 6.08 Å². The number of ketones is 1. The molecule has 0 aliphatic heterocycles. The van der Waals surface area contributed by atoms with Crippen LogP contribution in [0.15, 0.2) is 22.8 Å². The molecule has 0 saturated heterocycles. The molecule has 1 N–H and O–H groups in total. The van der Waals surface area contributed by atoms with Crippen LogP contribution in [-0.4, -0.2) is 28.6 Å². The van der Waals surface area contributed by atoms with Gasteiger partial charge >= 0.3 is 12.1 Å². The molecule has 2 saturated carbocycles. The molecule has 7 heteroatoms. The summed E-state index contributed by atoms with van der Waals surface area (Å²) in [6.07, 6.45) is -1.62. The predicted molar refractivity (Wildman–Crippen MR) is 88.1 cm³/mol. The minimum Gasteiger partial charge on any atom is -0.383 e. The van der Waals surface area contributed by atoms with Gasteiger partial charge in [0.25, 0.3) is 0 Å². The van der Waals surface area contributed by atoms with Gasteiger partial charge < -0.3 is 5.11 Å². The van der Waals surface area contributed by atoms with E-state index in [0.717, 1.165) is 16.7 Å². The molecule has 0 spiro atoms. The monoisotopic (exact) mass is 390 g/mol. The van der Waals surface area contributed by atoms with Crippen molar-refractivity contribution in [3.8, 4) is 0 Å². The summed E-state index contributed by atoms with van der Waals surface area (Å²) in [4.78, 5) is 11.7. The fourth-order valence-electron chi connectivity index (χ4n) is 6.30. The fraction of sp³-hybridized carbons (Fsp3) is 0.750. The number of carbonyl (C=O) groups excluding carboxylic acids is 1. The molecule has 0 bridgehead atoms.